The number of hydrogen-bond acceptors (Lipinski definition) is 4. The van der Waals surface area contributed by atoms with Crippen LogP contribution in [0.3, 0.4) is 0 Å². The van der Waals surface area contributed by atoms with Crippen molar-refractivity contribution in [3.05, 3.63) is 24.3 Å². The summed E-state index contributed by atoms with van der Waals surface area (Å²) in [5.74, 6) is 0.841. The quantitative estimate of drug-likeness (QED) is 0.937. The monoisotopic (exact) mass is 297 g/mol. The van der Waals surface area contributed by atoms with Gasteiger partial charge in [-0.25, -0.2) is 9.97 Å². The first-order chi connectivity index (χ1) is 10.7. The third-order valence-electron chi connectivity index (χ3n) is 4.59. The molecule has 0 unspecified atom stereocenters. The second-order valence-corrected chi connectivity index (χ2v) is 5.97. The van der Waals surface area contributed by atoms with E-state index in [0.717, 1.165) is 36.1 Å². The van der Waals surface area contributed by atoms with Crippen molar-refractivity contribution < 1.29 is 4.79 Å². The van der Waals surface area contributed by atoms with Crippen molar-refractivity contribution in [3.63, 3.8) is 0 Å². The summed E-state index contributed by atoms with van der Waals surface area (Å²) in [5.41, 5.74) is 1.88. The first-order valence-electron chi connectivity index (χ1n) is 7.60. The van der Waals surface area contributed by atoms with Gasteiger partial charge < -0.3 is 9.88 Å². The number of rotatable bonds is 3. The van der Waals surface area contributed by atoms with E-state index in [4.69, 9.17) is 5.26 Å². The molecule has 0 aromatic carbocycles. The number of carbonyl (C=O) groups is 1. The SMILES string of the molecule is C[C@@H]1CCN(C(=O)CC#N)C[C@@H]1Cc1ncnc2[nH]ccc12. The Balaban J connectivity index is 1.77. The maximum atomic E-state index is 11.9. The van der Waals surface area contributed by atoms with Crippen molar-refractivity contribution in [3.8, 4) is 6.07 Å². The van der Waals surface area contributed by atoms with Gasteiger partial charge in [0.2, 0.25) is 5.91 Å². The molecule has 6 heteroatoms. The van der Waals surface area contributed by atoms with E-state index in [1.807, 2.05) is 23.2 Å². The van der Waals surface area contributed by atoms with Crippen molar-refractivity contribution >= 4 is 16.9 Å². The van der Waals surface area contributed by atoms with Gasteiger partial charge in [-0.3, -0.25) is 4.79 Å². The predicted molar refractivity (Wildman–Crippen MR) is 81.7 cm³/mol. The van der Waals surface area contributed by atoms with Crippen LogP contribution in [0.5, 0.6) is 0 Å². The normalized spacial score (nSPS) is 21.7. The van der Waals surface area contributed by atoms with E-state index in [1.54, 1.807) is 6.33 Å². The second-order valence-electron chi connectivity index (χ2n) is 5.97. The summed E-state index contributed by atoms with van der Waals surface area (Å²) in [6, 6.07) is 3.94. The lowest BCUT2D eigenvalue weighted by molar-refractivity contribution is -0.132. The lowest BCUT2D eigenvalue weighted by Crippen LogP contribution is -2.43. The van der Waals surface area contributed by atoms with Crippen LogP contribution in [-0.2, 0) is 11.2 Å². The fourth-order valence-electron chi connectivity index (χ4n) is 3.16. The molecule has 3 rings (SSSR count). The highest BCUT2D eigenvalue weighted by Crippen LogP contribution is 2.28. The maximum absolute atomic E-state index is 11.9. The lowest BCUT2D eigenvalue weighted by Gasteiger charge is -2.36. The number of carbonyl (C=O) groups excluding carboxylic acids is 1. The van der Waals surface area contributed by atoms with Crippen LogP contribution < -0.4 is 0 Å². The van der Waals surface area contributed by atoms with Crippen molar-refractivity contribution in [2.45, 2.75) is 26.2 Å². The molecule has 1 fully saturated rings. The summed E-state index contributed by atoms with van der Waals surface area (Å²) in [5, 5.41) is 9.75. The molecule has 0 radical (unpaired) electrons. The van der Waals surface area contributed by atoms with Crippen LogP contribution in [0.2, 0.25) is 0 Å². The largest absolute Gasteiger partial charge is 0.346 e. The van der Waals surface area contributed by atoms with Crippen molar-refractivity contribution in [2.75, 3.05) is 13.1 Å². The van der Waals surface area contributed by atoms with Crippen LogP contribution in [0.15, 0.2) is 18.6 Å². The maximum Gasteiger partial charge on any atom is 0.236 e. The fraction of sp³-hybridized carbons (Fsp3) is 0.500. The number of piperidine rings is 1. The molecule has 1 saturated heterocycles. The van der Waals surface area contributed by atoms with Crippen molar-refractivity contribution in [1.29, 1.82) is 5.26 Å². The summed E-state index contributed by atoms with van der Waals surface area (Å²) in [6.45, 7) is 3.69. The van der Waals surface area contributed by atoms with Gasteiger partial charge in [0, 0.05) is 24.7 Å². The smallest absolute Gasteiger partial charge is 0.236 e. The molecule has 1 amide bonds. The number of aromatic amines is 1. The van der Waals surface area contributed by atoms with Gasteiger partial charge in [-0.2, -0.15) is 5.26 Å². The van der Waals surface area contributed by atoms with Gasteiger partial charge in [-0.05, 0) is 30.7 Å². The zero-order valence-corrected chi connectivity index (χ0v) is 12.6. The van der Waals surface area contributed by atoms with Gasteiger partial charge in [-0.1, -0.05) is 6.92 Å². The Bertz CT molecular complexity index is 717. The molecule has 3 heterocycles. The molecule has 1 N–H and O–H groups in total. The Morgan fingerprint density at radius 2 is 2.41 bits per heavy atom. The van der Waals surface area contributed by atoms with Crippen LogP contribution in [0.25, 0.3) is 11.0 Å². The summed E-state index contributed by atoms with van der Waals surface area (Å²) in [4.78, 5) is 25.5. The van der Waals surface area contributed by atoms with Crippen LogP contribution in [0.1, 0.15) is 25.5 Å². The average Bonchev–Trinajstić information content (AvgIpc) is 2.99. The van der Waals surface area contributed by atoms with E-state index >= 15 is 0 Å². The summed E-state index contributed by atoms with van der Waals surface area (Å²) in [7, 11) is 0. The van der Waals surface area contributed by atoms with Gasteiger partial charge in [0.05, 0.1) is 11.8 Å². The number of aromatic nitrogens is 3. The molecule has 0 saturated carbocycles. The van der Waals surface area contributed by atoms with Crippen molar-refractivity contribution in [1.82, 2.24) is 19.9 Å². The molecule has 0 aliphatic carbocycles. The summed E-state index contributed by atoms with van der Waals surface area (Å²) >= 11 is 0. The topological polar surface area (TPSA) is 85.7 Å². The minimum atomic E-state index is -0.0612. The standard InChI is InChI=1S/C16H19N5O/c1-11-4-7-21(15(22)2-5-17)9-12(11)8-14-13-3-6-18-16(13)20-10-19-14/h3,6,10-12H,2,4,7-9H2,1H3,(H,18,19,20)/t11-,12+/m1/s1. The zero-order valence-electron chi connectivity index (χ0n) is 12.6. The fourth-order valence-corrected chi connectivity index (χ4v) is 3.16. The number of nitrogens with one attached hydrogen (secondary N) is 1. The second kappa shape index (κ2) is 6.14. The highest BCUT2D eigenvalue weighted by atomic mass is 16.2. The molecule has 0 bridgehead atoms. The van der Waals surface area contributed by atoms with Gasteiger partial charge >= 0.3 is 0 Å². The van der Waals surface area contributed by atoms with E-state index < -0.39 is 0 Å². The molecule has 0 spiro atoms. The van der Waals surface area contributed by atoms with E-state index in [-0.39, 0.29) is 12.3 Å². The van der Waals surface area contributed by atoms with Crippen LogP contribution >= 0.6 is 0 Å². The van der Waals surface area contributed by atoms with Crippen molar-refractivity contribution in [2.24, 2.45) is 11.8 Å². The number of fused-ring (bicyclic) bond motifs is 1. The van der Waals surface area contributed by atoms with Crippen LogP contribution in [0.4, 0.5) is 0 Å². The minimum Gasteiger partial charge on any atom is -0.346 e. The van der Waals surface area contributed by atoms with Gasteiger partial charge in [0.25, 0.3) is 0 Å². The van der Waals surface area contributed by atoms with Crippen LogP contribution in [-0.4, -0.2) is 38.8 Å². The Hall–Kier alpha value is -2.42. The number of amides is 1. The van der Waals surface area contributed by atoms with Gasteiger partial charge in [0.15, 0.2) is 0 Å². The number of hydrogen-bond donors (Lipinski definition) is 1. The highest BCUT2D eigenvalue weighted by Gasteiger charge is 2.29. The predicted octanol–water partition coefficient (Wildman–Crippen LogP) is 1.90. The number of H-pyrrole nitrogens is 1. The summed E-state index contributed by atoms with van der Waals surface area (Å²) < 4.78 is 0. The molecule has 22 heavy (non-hydrogen) atoms. The Labute approximate surface area is 129 Å². The molecule has 6 nitrogen and oxygen atoms in total. The van der Waals surface area contributed by atoms with E-state index in [1.165, 1.54) is 0 Å². The first kappa shape index (κ1) is 14.5. The Morgan fingerprint density at radius 3 is 3.23 bits per heavy atom. The molecule has 2 aromatic rings. The average molecular weight is 297 g/mol. The molecule has 2 aromatic heterocycles. The lowest BCUT2D eigenvalue weighted by atomic mass is 9.83. The number of likely N-dealkylation sites (tertiary alicyclic amines) is 1. The first-order valence-corrected chi connectivity index (χ1v) is 7.60. The minimum absolute atomic E-state index is 0.0311. The summed E-state index contributed by atoms with van der Waals surface area (Å²) in [6.07, 6.45) is 5.23. The van der Waals surface area contributed by atoms with Gasteiger partial charge in [-0.15, -0.1) is 0 Å². The molecule has 1 aliphatic heterocycles. The van der Waals surface area contributed by atoms with Gasteiger partial charge in [0.1, 0.15) is 18.4 Å². The van der Waals surface area contributed by atoms with E-state index in [9.17, 15) is 4.79 Å². The molecule has 114 valence electrons. The van der Waals surface area contributed by atoms with Crippen LogP contribution in [0, 0.1) is 23.2 Å². The molecular weight excluding hydrogens is 278 g/mol. The zero-order chi connectivity index (χ0) is 15.5. The Morgan fingerprint density at radius 1 is 1.55 bits per heavy atom. The molecular formula is C16H19N5O. The molecule has 2 atom stereocenters. The highest BCUT2D eigenvalue weighted by molar-refractivity contribution is 5.78. The Kier molecular flexibility index (Phi) is 4.05. The van der Waals surface area contributed by atoms with E-state index in [0.29, 0.717) is 18.4 Å². The number of nitrogens with zero attached hydrogens (tertiary/aromatic N) is 4. The number of nitriles is 1. The molecule has 1 aliphatic rings. The third kappa shape index (κ3) is 2.80. The third-order valence-corrected chi connectivity index (χ3v) is 4.59. The van der Waals surface area contributed by atoms with E-state index in [2.05, 4.69) is 21.9 Å².